The van der Waals surface area contributed by atoms with Crippen molar-refractivity contribution >= 4 is 11.9 Å². The third-order valence-electron chi connectivity index (χ3n) is 4.01. The number of rotatable bonds is 8. The van der Waals surface area contributed by atoms with Crippen LogP contribution in [0.15, 0.2) is 48.5 Å². The number of nitrogens with one attached hydrogen (secondary N) is 1. The highest BCUT2D eigenvalue weighted by molar-refractivity contribution is 5.94. The van der Waals surface area contributed by atoms with E-state index in [2.05, 4.69) is 5.32 Å². The van der Waals surface area contributed by atoms with Gasteiger partial charge in [0, 0.05) is 18.2 Å². The monoisotopic (exact) mass is 359 g/mol. The Morgan fingerprint density at radius 1 is 1.15 bits per heavy atom. The Balaban J connectivity index is 1.91. The Kier molecular flexibility index (Phi) is 6.33. The van der Waals surface area contributed by atoms with Gasteiger partial charge in [0.25, 0.3) is 5.91 Å². The number of hydrogen-bond donors (Lipinski definition) is 2. The fourth-order valence-electron chi connectivity index (χ4n) is 2.22. The molecule has 0 aliphatic heterocycles. The van der Waals surface area contributed by atoms with E-state index >= 15 is 0 Å². The molecule has 0 heterocycles. The van der Waals surface area contributed by atoms with Gasteiger partial charge >= 0.3 is 5.97 Å². The van der Waals surface area contributed by atoms with Crippen molar-refractivity contribution in [2.24, 2.45) is 5.41 Å². The maximum Gasteiger partial charge on any atom is 0.309 e. The van der Waals surface area contributed by atoms with Crippen LogP contribution in [0.5, 0.6) is 5.75 Å². The summed E-state index contributed by atoms with van der Waals surface area (Å²) in [6, 6.07) is 12.8. The average Bonchev–Trinajstić information content (AvgIpc) is 2.60. The summed E-state index contributed by atoms with van der Waals surface area (Å²) in [4.78, 5) is 23.3. The molecule has 0 atom stereocenters. The van der Waals surface area contributed by atoms with Crippen LogP contribution in [0.25, 0.3) is 0 Å². The number of carboxylic acids is 1. The van der Waals surface area contributed by atoms with Crippen molar-refractivity contribution in [2.75, 3.05) is 6.54 Å². The highest BCUT2D eigenvalue weighted by Gasteiger charge is 2.26. The van der Waals surface area contributed by atoms with Crippen molar-refractivity contribution in [1.82, 2.24) is 5.32 Å². The normalized spacial score (nSPS) is 11.0. The lowest BCUT2D eigenvalue weighted by molar-refractivity contribution is -0.147. The Morgan fingerprint density at radius 3 is 2.58 bits per heavy atom. The Hall–Kier alpha value is -2.89. The molecule has 0 spiro atoms. The first-order valence-electron chi connectivity index (χ1n) is 8.27. The number of benzene rings is 2. The molecule has 0 aliphatic rings. The summed E-state index contributed by atoms with van der Waals surface area (Å²) >= 11 is 0. The van der Waals surface area contributed by atoms with Gasteiger partial charge in [0.05, 0.1) is 5.41 Å². The van der Waals surface area contributed by atoms with Gasteiger partial charge in [-0.15, -0.1) is 0 Å². The average molecular weight is 359 g/mol. The van der Waals surface area contributed by atoms with E-state index in [0.29, 0.717) is 17.7 Å². The van der Waals surface area contributed by atoms with E-state index < -0.39 is 11.4 Å². The van der Waals surface area contributed by atoms with E-state index in [9.17, 15) is 14.0 Å². The zero-order valence-electron chi connectivity index (χ0n) is 14.8. The quantitative estimate of drug-likeness (QED) is 0.755. The van der Waals surface area contributed by atoms with Crippen LogP contribution in [-0.4, -0.2) is 23.5 Å². The highest BCUT2D eigenvalue weighted by Crippen LogP contribution is 2.19. The molecular formula is C20H22FNO4. The number of carbonyl (C=O) groups is 2. The molecular weight excluding hydrogens is 337 g/mol. The zero-order valence-corrected chi connectivity index (χ0v) is 14.8. The van der Waals surface area contributed by atoms with Gasteiger partial charge in [-0.1, -0.05) is 18.2 Å². The zero-order chi connectivity index (χ0) is 19.2. The molecule has 6 heteroatoms. The topological polar surface area (TPSA) is 75.6 Å². The predicted octanol–water partition coefficient (Wildman–Crippen LogP) is 3.64. The van der Waals surface area contributed by atoms with Gasteiger partial charge < -0.3 is 15.2 Å². The van der Waals surface area contributed by atoms with Crippen molar-refractivity contribution in [3.05, 3.63) is 65.5 Å². The second kappa shape index (κ2) is 8.47. The lowest BCUT2D eigenvalue weighted by Crippen LogP contribution is -2.32. The van der Waals surface area contributed by atoms with Crippen LogP contribution >= 0.6 is 0 Å². The number of carboxylic acid groups (broad SMARTS) is 1. The molecule has 0 bridgehead atoms. The van der Waals surface area contributed by atoms with E-state index in [1.54, 1.807) is 44.2 Å². The molecule has 0 unspecified atom stereocenters. The Morgan fingerprint density at radius 2 is 1.88 bits per heavy atom. The van der Waals surface area contributed by atoms with Crippen LogP contribution in [0.4, 0.5) is 4.39 Å². The van der Waals surface area contributed by atoms with Crippen LogP contribution in [0.2, 0.25) is 0 Å². The van der Waals surface area contributed by atoms with Gasteiger partial charge in [-0.05, 0) is 50.1 Å². The number of aliphatic carboxylic acids is 1. The molecule has 2 N–H and O–H groups in total. The fourth-order valence-corrected chi connectivity index (χ4v) is 2.22. The lowest BCUT2D eigenvalue weighted by Gasteiger charge is -2.18. The second-order valence-electron chi connectivity index (χ2n) is 6.64. The smallest absolute Gasteiger partial charge is 0.309 e. The predicted molar refractivity (Wildman–Crippen MR) is 95.5 cm³/mol. The maximum atomic E-state index is 13.1. The first kappa shape index (κ1) is 19.4. The molecule has 0 fully saturated rings. The highest BCUT2D eigenvalue weighted by atomic mass is 19.1. The van der Waals surface area contributed by atoms with Gasteiger partial charge in [0.1, 0.15) is 18.2 Å². The third-order valence-corrected chi connectivity index (χ3v) is 4.01. The molecule has 0 saturated carbocycles. The minimum Gasteiger partial charge on any atom is -0.489 e. The van der Waals surface area contributed by atoms with E-state index in [1.807, 2.05) is 6.07 Å². The van der Waals surface area contributed by atoms with E-state index in [0.717, 1.165) is 5.56 Å². The molecule has 1 amide bonds. The van der Waals surface area contributed by atoms with Gasteiger partial charge in [0.2, 0.25) is 0 Å². The summed E-state index contributed by atoms with van der Waals surface area (Å²) in [5.74, 6) is -1.14. The maximum absolute atomic E-state index is 13.1. The van der Waals surface area contributed by atoms with Crippen LogP contribution < -0.4 is 10.1 Å². The van der Waals surface area contributed by atoms with Crippen molar-refractivity contribution < 1.29 is 23.8 Å². The minimum absolute atomic E-state index is 0.205. The number of amides is 1. The molecule has 26 heavy (non-hydrogen) atoms. The third kappa shape index (κ3) is 5.58. The van der Waals surface area contributed by atoms with Crippen molar-refractivity contribution in [3.63, 3.8) is 0 Å². The SMILES string of the molecule is CC(C)(CCNC(=O)c1cccc(COc2cccc(F)c2)c1)C(=O)O. The number of halogens is 1. The molecule has 2 rings (SSSR count). The molecule has 0 aliphatic carbocycles. The number of ether oxygens (including phenoxy) is 1. The van der Waals surface area contributed by atoms with E-state index in [1.165, 1.54) is 12.1 Å². The Bertz CT molecular complexity index is 789. The molecule has 0 aromatic heterocycles. The summed E-state index contributed by atoms with van der Waals surface area (Å²) in [6.07, 6.45) is 0.330. The lowest BCUT2D eigenvalue weighted by atomic mass is 9.90. The molecule has 2 aromatic carbocycles. The Labute approximate surface area is 151 Å². The summed E-state index contributed by atoms with van der Waals surface area (Å²) in [6.45, 7) is 3.70. The van der Waals surface area contributed by atoms with Crippen LogP contribution in [0.3, 0.4) is 0 Å². The first-order chi connectivity index (χ1) is 12.3. The number of carbonyl (C=O) groups excluding carboxylic acids is 1. The second-order valence-corrected chi connectivity index (χ2v) is 6.64. The van der Waals surface area contributed by atoms with Crippen LogP contribution in [0, 0.1) is 11.2 Å². The summed E-state index contributed by atoms with van der Waals surface area (Å²) in [7, 11) is 0. The minimum atomic E-state index is -0.900. The summed E-state index contributed by atoms with van der Waals surface area (Å²) in [5.41, 5.74) is 0.333. The van der Waals surface area contributed by atoms with Crippen LogP contribution in [0.1, 0.15) is 36.2 Å². The van der Waals surface area contributed by atoms with Crippen molar-refractivity contribution in [2.45, 2.75) is 26.9 Å². The van der Waals surface area contributed by atoms with Crippen molar-refractivity contribution in [1.29, 1.82) is 0 Å². The van der Waals surface area contributed by atoms with E-state index in [4.69, 9.17) is 9.84 Å². The molecule has 2 aromatic rings. The van der Waals surface area contributed by atoms with Gasteiger partial charge in [-0.25, -0.2) is 4.39 Å². The standard InChI is InChI=1S/C20H22FNO4/c1-20(2,19(24)25)9-10-22-18(23)15-6-3-5-14(11-15)13-26-17-8-4-7-16(21)12-17/h3-8,11-12H,9-10,13H2,1-2H3,(H,22,23)(H,24,25). The van der Waals surface area contributed by atoms with Gasteiger partial charge in [0.15, 0.2) is 0 Å². The van der Waals surface area contributed by atoms with Crippen molar-refractivity contribution in [3.8, 4) is 5.75 Å². The molecule has 5 nitrogen and oxygen atoms in total. The fraction of sp³-hybridized carbons (Fsp3) is 0.300. The molecule has 0 saturated heterocycles. The molecule has 138 valence electrons. The number of hydrogen-bond acceptors (Lipinski definition) is 3. The van der Waals surface area contributed by atoms with Crippen LogP contribution in [-0.2, 0) is 11.4 Å². The largest absolute Gasteiger partial charge is 0.489 e. The summed E-state index contributed by atoms with van der Waals surface area (Å²) in [5, 5.41) is 11.8. The first-order valence-corrected chi connectivity index (χ1v) is 8.27. The van der Waals surface area contributed by atoms with Gasteiger partial charge in [-0.2, -0.15) is 0 Å². The van der Waals surface area contributed by atoms with E-state index in [-0.39, 0.29) is 24.9 Å². The van der Waals surface area contributed by atoms with Gasteiger partial charge in [-0.3, -0.25) is 9.59 Å². The molecule has 0 radical (unpaired) electrons. The summed E-state index contributed by atoms with van der Waals surface area (Å²) < 4.78 is 18.7.